The highest BCUT2D eigenvalue weighted by Crippen LogP contribution is 2.31. The van der Waals surface area contributed by atoms with Crippen LogP contribution in [0.2, 0.25) is 0 Å². The van der Waals surface area contributed by atoms with E-state index in [1.54, 1.807) is 66.6 Å². The van der Waals surface area contributed by atoms with Gasteiger partial charge in [-0.3, -0.25) is 4.79 Å². The summed E-state index contributed by atoms with van der Waals surface area (Å²) in [5.41, 5.74) is 3.24. The molecule has 4 aromatic rings. The van der Waals surface area contributed by atoms with E-state index in [1.165, 1.54) is 6.07 Å². The van der Waals surface area contributed by atoms with Gasteiger partial charge >= 0.3 is 0 Å². The van der Waals surface area contributed by atoms with E-state index in [0.29, 0.717) is 71.3 Å². The zero-order chi connectivity index (χ0) is 27.6. The Kier molecular flexibility index (Phi) is 7.43. The minimum Gasteiger partial charge on any atom is -0.497 e. The zero-order valence-corrected chi connectivity index (χ0v) is 21.9. The number of morpholine rings is 1. The van der Waals surface area contributed by atoms with Crippen molar-refractivity contribution in [2.24, 2.45) is 0 Å². The third kappa shape index (κ3) is 5.68. The summed E-state index contributed by atoms with van der Waals surface area (Å²) in [6.07, 6.45) is 0.179. The maximum Gasteiger partial charge on any atom is 0.270 e. The van der Waals surface area contributed by atoms with Crippen molar-refractivity contribution in [2.45, 2.75) is 25.8 Å². The number of ether oxygens (including phenoxy) is 2. The fourth-order valence-electron chi connectivity index (χ4n) is 4.88. The molecular weight excluding hydrogens is 502 g/mol. The minimum atomic E-state index is -3.01. The monoisotopic (exact) mass is 532 g/mol. The molecule has 7 nitrogen and oxygen atoms in total. The van der Waals surface area contributed by atoms with Gasteiger partial charge in [0.25, 0.3) is 11.8 Å². The van der Waals surface area contributed by atoms with E-state index in [2.05, 4.69) is 0 Å². The van der Waals surface area contributed by atoms with Gasteiger partial charge in [-0.15, -0.1) is 0 Å². The second-order valence-electron chi connectivity index (χ2n) is 9.65. The molecule has 5 rings (SSSR count). The maximum atomic E-state index is 14.4. The van der Waals surface area contributed by atoms with Gasteiger partial charge < -0.3 is 24.4 Å². The highest BCUT2D eigenvalue weighted by Gasteiger charge is 2.28. The molecule has 0 saturated carbocycles. The number of hydrogen-bond donors (Lipinski definition) is 1. The summed E-state index contributed by atoms with van der Waals surface area (Å²) < 4.78 is 41.3. The van der Waals surface area contributed by atoms with Crippen LogP contribution in [-0.2, 0) is 23.6 Å². The van der Waals surface area contributed by atoms with Crippen LogP contribution in [0.1, 0.15) is 39.8 Å². The third-order valence-corrected chi connectivity index (χ3v) is 6.96. The molecule has 1 aliphatic rings. The van der Waals surface area contributed by atoms with Gasteiger partial charge in [0.1, 0.15) is 11.6 Å². The smallest absolute Gasteiger partial charge is 0.270 e. The maximum absolute atomic E-state index is 14.4. The predicted molar refractivity (Wildman–Crippen MR) is 145 cm³/mol. The van der Waals surface area contributed by atoms with E-state index in [1.807, 2.05) is 10.6 Å². The molecule has 1 amide bonds. The van der Waals surface area contributed by atoms with Gasteiger partial charge in [0, 0.05) is 49.8 Å². The number of aromatic nitrogens is 2. The van der Waals surface area contributed by atoms with Gasteiger partial charge in [0.05, 0.1) is 31.4 Å². The second-order valence-corrected chi connectivity index (χ2v) is 9.65. The van der Waals surface area contributed by atoms with Crippen molar-refractivity contribution in [1.29, 1.82) is 5.41 Å². The summed E-state index contributed by atoms with van der Waals surface area (Å²) in [6, 6.07) is 18.9. The van der Waals surface area contributed by atoms with Gasteiger partial charge in [-0.1, -0.05) is 24.3 Å². The van der Waals surface area contributed by atoms with Crippen LogP contribution in [0.5, 0.6) is 5.75 Å². The molecule has 1 aromatic heterocycles. The summed E-state index contributed by atoms with van der Waals surface area (Å²) in [6.45, 7) is 3.10. The average Bonchev–Trinajstić information content (AvgIpc) is 3.28. The molecular formula is C30H30F2N4O3. The van der Waals surface area contributed by atoms with Crippen molar-refractivity contribution in [1.82, 2.24) is 14.5 Å². The van der Waals surface area contributed by atoms with Gasteiger partial charge in [-0.2, -0.15) is 0 Å². The quantitative estimate of drug-likeness (QED) is 0.313. The van der Waals surface area contributed by atoms with Crippen LogP contribution in [0.15, 0.2) is 66.7 Å². The van der Waals surface area contributed by atoms with Crippen molar-refractivity contribution < 1.29 is 23.0 Å². The van der Waals surface area contributed by atoms with Crippen molar-refractivity contribution >= 4 is 22.7 Å². The first kappa shape index (κ1) is 26.5. The molecule has 3 aromatic carbocycles. The van der Waals surface area contributed by atoms with E-state index < -0.39 is 5.92 Å². The summed E-state index contributed by atoms with van der Waals surface area (Å²) >= 11 is 0. The van der Waals surface area contributed by atoms with Crippen LogP contribution in [0.25, 0.3) is 11.0 Å². The molecule has 1 fully saturated rings. The van der Waals surface area contributed by atoms with Crippen LogP contribution in [-0.4, -0.2) is 59.5 Å². The molecule has 0 atom stereocenters. The third-order valence-electron chi connectivity index (χ3n) is 6.96. The lowest BCUT2D eigenvalue weighted by Gasteiger charge is -2.26. The van der Waals surface area contributed by atoms with Crippen LogP contribution >= 0.6 is 0 Å². The number of amides is 1. The molecule has 1 aliphatic heterocycles. The van der Waals surface area contributed by atoms with Crippen LogP contribution in [0.3, 0.4) is 0 Å². The fourth-order valence-corrected chi connectivity index (χ4v) is 4.88. The summed E-state index contributed by atoms with van der Waals surface area (Å²) in [5, 5.41) is 8.74. The standard InChI is InChI=1S/C30H30F2N4O3/c1-30(31,32)24-6-4-3-5-22(24)19-36-27-12-9-21(29(37)35-13-15-39-16-14-35)17-26(27)34-28(36)18-25(33)20-7-10-23(38-2)11-8-20/h3-12,17,33H,13-16,18-19H2,1-2H3. The number of benzene rings is 3. The average molecular weight is 533 g/mol. The second kappa shape index (κ2) is 10.9. The lowest BCUT2D eigenvalue weighted by Crippen LogP contribution is -2.40. The number of fused-ring (bicyclic) bond motifs is 1. The Morgan fingerprint density at radius 2 is 1.74 bits per heavy atom. The highest BCUT2D eigenvalue weighted by atomic mass is 19.3. The topological polar surface area (TPSA) is 80.4 Å². The molecule has 0 spiro atoms. The molecule has 0 unspecified atom stereocenters. The Morgan fingerprint density at radius 1 is 1.05 bits per heavy atom. The first-order valence-corrected chi connectivity index (χ1v) is 12.8. The Bertz CT molecular complexity index is 1500. The molecule has 1 N–H and O–H groups in total. The van der Waals surface area contributed by atoms with Gasteiger partial charge in [0.15, 0.2) is 0 Å². The van der Waals surface area contributed by atoms with Crippen molar-refractivity contribution in [3.05, 3.63) is 94.8 Å². The van der Waals surface area contributed by atoms with Crippen LogP contribution in [0.4, 0.5) is 8.78 Å². The van der Waals surface area contributed by atoms with Crippen molar-refractivity contribution in [3.8, 4) is 5.75 Å². The number of halogens is 2. The Morgan fingerprint density at radius 3 is 2.44 bits per heavy atom. The summed E-state index contributed by atoms with van der Waals surface area (Å²) in [7, 11) is 1.58. The molecule has 0 radical (unpaired) electrons. The number of carbonyl (C=O) groups excluding carboxylic acids is 1. The van der Waals surface area contributed by atoms with Gasteiger partial charge in [-0.05, 0) is 53.6 Å². The summed E-state index contributed by atoms with van der Waals surface area (Å²) in [4.78, 5) is 19.7. The molecule has 0 bridgehead atoms. The van der Waals surface area contributed by atoms with E-state index in [-0.39, 0.29) is 24.4 Å². The van der Waals surface area contributed by atoms with Crippen LogP contribution < -0.4 is 4.74 Å². The van der Waals surface area contributed by atoms with E-state index in [4.69, 9.17) is 19.9 Å². The van der Waals surface area contributed by atoms with Crippen LogP contribution in [0, 0.1) is 5.41 Å². The molecule has 9 heteroatoms. The number of nitrogens with zero attached hydrogens (tertiary/aromatic N) is 3. The van der Waals surface area contributed by atoms with Crippen molar-refractivity contribution in [3.63, 3.8) is 0 Å². The normalized spacial score (nSPS) is 14.0. The fraction of sp³-hybridized carbons (Fsp3) is 0.300. The molecule has 0 aliphatic carbocycles. The zero-order valence-electron chi connectivity index (χ0n) is 21.9. The van der Waals surface area contributed by atoms with E-state index in [0.717, 1.165) is 6.92 Å². The molecule has 39 heavy (non-hydrogen) atoms. The van der Waals surface area contributed by atoms with E-state index >= 15 is 0 Å². The Labute approximate surface area is 225 Å². The minimum absolute atomic E-state index is 0.0536. The number of methoxy groups -OCH3 is 1. The predicted octanol–water partition coefficient (Wildman–Crippen LogP) is 5.29. The SMILES string of the molecule is COc1ccc(C(=N)Cc2nc3cc(C(=O)N4CCOCC4)ccc3n2Cc2ccccc2C(C)(F)F)cc1. The molecule has 202 valence electrons. The number of alkyl halides is 2. The van der Waals surface area contributed by atoms with Gasteiger partial charge in [-0.25, -0.2) is 13.8 Å². The number of imidazole rings is 1. The van der Waals surface area contributed by atoms with E-state index in [9.17, 15) is 13.6 Å². The number of hydrogen-bond acceptors (Lipinski definition) is 5. The van der Waals surface area contributed by atoms with Gasteiger partial charge in [0.2, 0.25) is 0 Å². The first-order valence-electron chi connectivity index (χ1n) is 12.8. The number of carbonyl (C=O) groups is 1. The lowest BCUT2D eigenvalue weighted by atomic mass is 10.0. The number of nitrogens with one attached hydrogen (secondary N) is 1. The molecule has 2 heterocycles. The molecule has 1 saturated heterocycles. The largest absolute Gasteiger partial charge is 0.497 e. The number of rotatable bonds is 8. The lowest BCUT2D eigenvalue weighted by molar-refractivity contribution is 0.0164. The Balaban J connectivity index is 1.54. The summed E-state index contributed by atoms with van der Waals surface area (Å²) in [5.74, 6) is -1.87. The highest BCUT2D eigenvalue weighted by molar-refractivity contribution is 6.00. The Hall–Kier alpha value is -4.11. The first-order chi connectivity index (χ1) is 18.7. The van der Waals surface area contributed by atoms with Crippen molar-refractivity contribution in [2.75, 3.05) is 33.4 Å².